The van der Waals surface area contributed by atoms with Gasteiger partial charge in [-0.15, -0.1) is 0 Å². The van der Waals surface area contributed by atoms with Crippen molar-refractivity contribution < 1.29 is 40.3 Å². The summed E-state index contributed by atoms with van der Waals surface area (Å²) in [4.78, 5) is 13.3. The van der Waals surface area contributed by atoms with Crippen LogP contribution in [-0.2, 0) is 4.74 Å². The molecule has 1 amide bonds. The SMILES string of the molecule is CN(CC(O)C(O)C(O)C(O)CO)C(=O)OC1=CC(C)(C)N(O)C(C)(C)C1. The number of nitrogens with zero attached hydrogens (tertiary/aromatic N) is 2. The second-order valence-electron chi connectivity index (χ2n) is 8.11. The van der Waals surface area contributed by atoms with Gasteiger partial charge in [0.05, 0.1) is 18.7 Å². The Labute approximate surface area is 158 Å². The van der Waals surface area contributed by atoms with E-state index >= 15 is 0 Å². The number of likely N-dealkylation sites (N-methyl/N-ethyl adjacent to an activating group) is 1. The van der Waals surface area contributed by atoms with E-state index in [9.17, 15) is 30.4 Å². The Kier molecular flexibility index (Phi) is 7.77. The molecule has 0 aromatic rings. The molecule has 0 saturated carbocycles. The van der Waals surface area contributed by atoms with Crippen molar-refractivity contribution in [2.45, 2.75) is 69.6 Å². The second kappa shape index (κ2) is 8.82. The van der Waals surface area contributed by atoms with Crippen LogP contribution in [0.3, 0.4) is 0 Å². The Balaban J connectivity index is 2.72. The smallest absolute Gasteiger partial charge is 0.414 e. The molecule has 0 fully saturated rings. The lowest BCUT2D eigenvalue weighted by Gasteiger charge is -2.46. The standard InChI is InChI=1S/C17H32N2O8/c1-16(2)6-10(7-17(3,4)19(16)26)27-15(25)18(5)8-11(21)13(23)14(24)12(22)9-20/h6,11-14,20-24,26H,7-9H2,1-5H3. The van der Waals surface area contributed by atoms with Gasteiger partial charge in [0.15, 0.2) is 0 Å². The summed E-state index contributed by atoms with van der Waals surface area (Å²) in [5, 5.41) is 58.9. The maximum atomic E-state index is 12.3. The summed E-state index contributed by atoms with van der Waals surface area (Å²) in [6, 6.07) is 0. The minimum atomic E-state index is -1.77. The first kappa shape index (κ1) is 23.8. The summed E-state index contributed by atoms with van der Waals surface area (Å²) in [5.41, 5.74) is -1.41. The normalized spacial score (nSPS) is 23.7. The second-order valence-corrected chi connectivity index (χ2v) is 8.11. The highest BCUT2D eigenvalue weighted by Gasteiger charge is 2.42. The van der Waals surface area contributed by atoms with Gasteiger partial charge < -0.3 is 40.4 Å². The van der Waals surface area contributed by atoms with E-state index in [1.165, 1.54) is 12.1 Å². The first-order valence-corrected chi connectivity index (χ1v) is 8.70. The maximum absolute atomic E-state index is 12.3. The average molecular weight is 392 g/mol. The van der Waals surface area contributed by atoms with E-state index in [2.05, 4.69) is 0 Å². The number of carbonyl (C=O) groups excluding carboxylic acids is 1. The molecule has 0 saturated heterocycles. The Morgan fingerprint density at radius 3 is 2.19 bits per heavy atom. The molecule has 0 spiro atoms. The van der Waals surface area contributed by atoms with Gasteiger partial charge in [-0.25, -0.2) is 4.79 Å². The van der Waals surface area contributed by atoms with E-state index in [1.54, 1.807) is 33.8 Å². The minimum absolute atomic E-state index is 0.277. The molecule has 1 aliphatic heterocycles. The van der Waals surface area contributed by atoms with Crippen LogP contribution in [0, 0.1) is 0 Å². The van der Waals surface area contributed by atoms with Crippen molar-refractivity contribution in [2.75, 3.05) is 20.2 Å². The van der Waals surface area contributed by atoms with Crippen LogP contribution in [0.5, 0.6) is 0 Å². The fraction of sp³-hybridized carbons (Fsp3) is 0.824. The molecule has 27 heavy (non-hydrogen) atoms. The van der Waals surface area contributed by atoms with Crippen molar-refractivity contribution >= 4 is 6.09 Å². The highest BCUT2D eigenvalue weighted by molar-refractivity contribution is 5.68. The largest absolute Gasteiger partial charge is 0.415 e. The molecule has 10 nitrogen and oxygen atoms in total. The van der Waals surface area contributed by atoms with E-state index in [-0.39, 0.29) is 13.0 Å². The average Bonchev–Trinajstić information content (AvgIpc) is 2.56. The summed E-state index contributed by atoms with van der Waals surface area (Å²) in [7, 11) is 1.34. The number of carbonyl (C=O) groups is 1. The zero-order chi connectivity index (χ0) is 21.2. The van der Waals surface area contributed by atoms with Gasteiger partial charge in [0, 0.05) is 19.0 Å². The summed E-state index contributed by atoms with van der Waals surface area (Å²) >= 11 is 0. The predicted molar refractivity (Wildman–Crippen MR) is 94.7 cm³/mol. The molecule has 4 atom stereocenters. The van der Waals surface area contributed by atoms with Crippen LogP contribution in [0.4, 0.5) is 4.79 Å². The quantitative estimate of drug-likeness (QED) is 0.321. The summed E-state index contributed by atoms with van der Waals surface area (Å²) in [6.45, 7) is 5.96. The van der Waals surface area contributed by atoms with Gasteiger partial charge in [-0.05, 0) is 33.8 Å². The lowest BCUT2D eigenvalue weighted by molar-refractivity contribution is -0.217. The number of aliphatic hydroxyl groups excluding tert-OH is 5. The number of ether oxygens (including phenoxy) is 1. The summed E-state index contributed by atoms with van der Waals surface area (Å²) in [6.07, 6.45) is -5.62. The molecule has 0 aromatic carbocycles. The zero-order valence-electron chi connectivity index (χ0n) is 16.4. The number of amides is 1. The third kappa shape index (κ3) is 5.85. The molecule has 0 radical (unpaired) electrons. The van der Waals surface area contributed by atoms with Crippen LogP contribution in [0.25, 0.3) is 0 Å². The van der Waals surface area contributed by atoms with Crippen LogP contribution in [-0.4, -0.2) is 102 Å². The van der Waals surface area contributed by atoms with Crippen molar-refractivity contribution in [2.24, 2.45) is 0 Å². The van der Waals surface area contributed by atoms with Crippen LogP contribution in [0.15, 0.2) is 11.8 Å². The Morgan fingerprint density at radius 2 is 1.70 bits per heavy atom. The van der Waals surface area contributed by atoms with Crippen molar-refractivity contribution in [1.82, 2.24) is 9.96 Å². The summed E-state index contributed by atoms with van der Waals surface area (Å²) in [5.74, 6) is 0.359. The number of rotatable bonds is 7. The zero-order valence-corrected chi connectivity index (χ0v) is 16.4. The molecule has 158 valence electrons. The Morgan fingerprint density at radius 1 is 1.19 bits per heavy atom. The fourth-order valence-electron chi connectivity index (χ4n) is 3.07. The highest BCUT2D eigenvalue weighted by atomic mass is 16.6. The minimum Gasteiger partial charge on any atom is -0.415 e. The van der Waals surface area contributed by atoms with Crippen LogP contribution in [0.2, 0.25) is 0 Å². The first-order chi connectivity index (χ1) is 12.2. The van der Waals surface area contributed by atoms with Crippen molar-refractivity contribution in [3.05, 3.63) is 11.8 Å². The Hall–Kier alpha value is -1.27. The molecular weight excluding hydrogens is 360 g/mol. The van der Waals surface area contributed by atoms with Gasteiger partial charge in [-0.1, -0.05) is 0 Å². The number of hydroxylamine groups is 2. The lowest BCUT2D eigenvalue weighted by atomic mass is 9.86. The molecule has 10 heteroatoms. The van der Waals surface area contributed by atoms with Gasteiger partial charge >= 0.3 is 6.09 Å². The molecule has 0 aliphatic carbocycles. The molecule has 6 N–H and O–H groups in total. The molecule has 0 aromatic heterocycles. The third-order valence-electron chi connectivity index (χ3n) is 4.56. The van der Waals surface area contributed by atoms with Crippen LogP contribution < -0.4 is 0 Å². The fourth-order valence-corrected chi connectivity index (χ4v) is 3.07. The van der Waals surface area contributed by atoms with Gasteiger partial charge in [-0.3, -0.25) is 0 Å². The predicted octanol–water partition coefficient (Wildman–Crippen LogP) is -0.973. The number of hydrogen-bond donors (Lipinski definition) is 6. The van der Waals surface area contributed by atoms with Crippen molar-refractivity contribution in [1.29, 1.82) is 0 Å². The third-order valence-corrected chi connectivity index (χ3v) is 4.56. The van der Waals surface area contributed by atoms with E-state index in [0.29, 0.717) is 5.76 Å². The summed E-state index contributed by atoms with van der Waals surface area (Å²) < 4.78 is 5.35. The van der Waals surface area contributed by atoms with Crippen molar-refractivity contribution in [3.63, 3.8) is 0 Å². The molecule has 1 heterocycles. The van der Waals surface area contributed by atoms with E-state index in [4.69, 9.17) is 9.84 Å². The maximum Gasteiger partial charge on any atom is 0.414 e. The van der Waals surface area contributed by atoms with Gasteiger partial charge in [0.1, 0.15) is 30.2 Å². The molecule has 4 unspecified atom stereocenters. The van der Waals surface area contributed by atoms with E-state index in [0.717, 1.165) is 4.90 Å². The Bertz CT molecular complexity index is 551. The monoisotopic (exact) mass is 392 g/mol. The van der Waals surface area contributed by atoms with E-state index < -0.39 is 48.2 Å². The van der Waals surface area contributed by atoms with Crippen molar-refractivity contribution in [3.8, 4) is 0 Å². The van der Waals surface area contributed by atoms with Crippen LogP contribution >= 0.6 is 0 Å². The van der Waals surface area contributed by atoms with Gasteiger partial charge in [0.2, 0.25) is 0 Å². The molecule has 1 aliphatic rings. The molecule has 0 bridgehead atoms. The number of hydrogen-bond acceptors (Lipinski definition) is 9. The van der Waals surface area contributed by atoms with Crippen LogP contribution in [0.1, 0.15) is 34.1 Å². The van der Waals surface area contributed by atoms with E-state index in [1.807, 2.05) is 0 Å². The molecular formula is C17H32N2O8. The van der Waals surface area contributed by atoms with Gasteiger partial charge in [0.25, 0.3) is 0 Å². The molecule has 1 rings (SSSR count). The topological polar surface area (TPSA) is 154 Å². The first-order valence-electron chi connectivity index (χ1n) is 8.70. The highest BCUT2D eigenvalue weighted by Crippen LogP contribution is 2.36. The lowest BCUT2D eigenvalue weighted by Crippen LogP contribution is -2.56. The van der Waals surface area contributed by atoms with Gasteiger partial charge in [-0.2, -0.15) is 5.06 Å². The number of aliphatic hydroxyl groups is 5.